The molecule has 1 fully saturated rings. The average molecular weight is 216 g/mol. The van der Waals surface area contributed by atoms with E-state index >= 15 is 0 Å². The number of piperidine rings is 1. The third-order valence-corrected chi connectivity index (χ3v) is 3.13. The maximum absolute atomic E-state index is 4.50. The fraction of sp³-hybridized carbons (Fsp3) is 0.500. The van der Waals surface area contributed by atoms with E-state index < -0.39 is 0 Å². The minimum atomic E-state index is 0.828. The Kier molecular flexibility index (Phi) is 2.58. The van der Waals surface area contributed by atoms with E-state index in [4.69, 9.17) is 0 Å². The van der Waals surface area contributed by atoms with E-state index in [-0.39, 0.29) is 0 Å². The van der Waals surface area contributed by atoms with Crippen molar-refractivity contribution in [3.63, 3.8) is 0 Å². The van der Waals surface area contributed by atoms with Crippen molar-refractivity contribution in [2.45, 2.75) is 25.8 Å². The summed E-state index contributed by atoms with van der Waals surface area (Å²) < 4.78 is 0. The summed E-state index contributed by atoms with van der Waals surface area (Å²) in [4.78, 5) is 14.5. The lowest BCUT2D eigenvalue weighted by Gasteiger charge is -2.25. The van der Waals surface area contributed by atoms with Crippen molar-refractivity contribution < 1.29 is 0 Å². The molecule has 4 heteroatoms. The molecule has 1 aliphatic rings. The van der Waals surface area contributed by atoms with Crippen LogP contribution in [-0.2, 0) is 6.54 Å². The van der Waals surface area contributed by atoms with Crippen molar-refractivity contribution in [2.75, 3.05) is 13.1 Å². The van der Waals surface area contributed by atoms with E-state index in [2.05, 4.69) is 19.9 Å². The zero-order chi connectivity index (χ0) is 10.8. The van der Waals surface area contributed by atoms with Gasteiger partial charge in [0, 0.05) is 6.20 Å². The number of hydrogen-bond acceptors (Lipinski definition) is 3. The third-order valence-electron chi connectivity index (χ3n) is 3.13. The maximum atomic E-state index is 4.50. The normalized spacial score (nSPS) is 18.0. The first-order valence-electron chi connectivity index (χ1n) is 5.94. The van der Waals surface area contributed by atoms with E-state index in [0.29, 0.717) is 0 Å². The first kappa shape index (κ1) is 9.78. The number of likely N-dealkylation sites (tertiary alicyclic amines) is 1. The molecule has 3 heterocycles. The summed E-state index contributed by atoms with van der Waals surface area (Å²) in [5, 5.41) is 0. The summed E-state index contributed by atoms with van der Waals surface area (Å²) in [6.07, 6.45) is 5.79. The van der Waals surface area contributed by atoms with Gasteiger partial charge in [-0.25, -0.2) is 9.97 Å². The summed E-state index contributed by atoms with van der Waals surface area (Å²) in [5.74, 6) is 1.04. The number of aromatic amines is 1. The number of nitrogens with one attached hydrogen (secondary N) is 1. The average Bonchev–Trinajstić information content (AvgIpc) is 2.72. The summed E-state index contributed by atoms with van der Waals surface area (Å²) >= 11 is 0. The van der Waals surface area contributed by atoms with Gasteiger partial charge in [-0.2, -0.15) is 0 Å². The molecule has 2 aromatic heterocycles. The molecule has 0 bridgehead atoms. The quantitative estimate of drug-likeness (QED) is 0.834. The van der Waals surface area contributed by atoms with Crippen LogP contribution < -0.4 is 0 Å². The molecule has 0 amide bonds. The van der Waals surface area contributed by atoms with E-state index in [1.54, 1.807) is 6.20 Å². The number of rotatable bonds is 2. The molecule has 4 nitrogen and oxygen atoms in total. The molecule has 2 aromatic rings. The van der Waals surface area contributed by atoms with Gasteiger partial charge in [0.05, 0.1) is 12.1 Å². The van der Waals surface area contributed by atoms with Crippen molar-refractivity contribution in [2.24, 2.45) is 0 Å². The Balaban J connectivity index is 1.78. The monoisotopic (exact) mass is 216 g/mol. The van der Waals surface area contributed by atoms with Crippen molar-refractivity contribution >= 4 is 11.2 Å². The van der Waals surface area contributed by atoms with Crippen LogP contribution in [0.15, 0.2) is 18.3 Å². The van der Waals surface area contributed by atoms with Gasteiger partial charge in [0.25, 0.3) is 0 Å². The van der Waals surface area contributed by atoms with Crippen LogP contribution in [0.1, 0.15) is 25.1 Å². The second-order valence-corrected chi connectivity index (χ2v) is 4.39. The minimum absolute atomic E-state index is 0.828. The van der Waals surface area contributed by atoms with Gasteiger partial charge in [0.15, 0.2) is 5.65 Å². The lowest BCUT2D eigenvalue weighted by Crippen LogP contribution is -2.29. The molecule has 0 unspecified atom stereocenters. The fourth-order valence-electron chi connectivity index (χ4n) is 2.30. The topological polar surface area (TPSA) is 44.8 Å². The molecule has 1 aliphatic heterocycles. The van der Waals surface area contributed by atoms with E-state index in [9.17, 15) is 0 Å². The fourth-order valence-corrected chi connectivity index (χ4v) is 2.30. The zero-order valence-corrected chi connectivity index (χ0v) is 9.32. The van der Waals surface area contributed by atoms with Gasteiger partial charge in [-0.1, -0.05) is 6.42 Å². The first-order chi connectivity index (χ1) is 7.92. The second-order valence-electron chi connectivity index (χ2n) is 4.39. The minimum Gasteiger partial charge on any atom is -0.340 e. The molecular weight excluding hydrogens is 200 g/mol. The predicted octanol–water partition coefficient (Wildman–Crippen LogP) is 1.94. The number of pyridine rings is 1. The lowest BCUT2D eigenvalue weighted by molar-refractivity contribution is 0.216. The van der Waals surface area contributed by atoms with Crippen LogP contribution in [0.4, 0.5) is 0 Å². The molecule has 0 aromatic carbocycles. The molecule has 84 valence electrons. The first-order valence-corrected chi connectivity index (χ1v) is 5.94. The van der Waals surface area contributed by atoms with Gasteiger partial charge in [-0.15, -0.1) is 0 Å². The molecule has 16 heavy (non-hydrogen) atoms. The van der Waals surface area contributed by atoms with Crippen LogP contribution in [0.5, 0.6) is 0 Å². The molecule has 0 spiro atoms. The van der Waals surface area contributed by atoms with Crippen LogP contribution in [0, 0.1) is 0 Å². The highest BCUT2D eigenvalue weighted by Crippen LogP contribution is 2.13. The second kappa shape index (κ2) is 4.22. The molecule has 1 saturated heterocycles. The van der Waals surface area contributed by atoms with Crippen LogP contribution in [0.2, 0.25) is 0 Å². The number of aromatic nitrogens is 3. The Bertz CT molecular complexity index is 438. The van der Waals surface area contributed by atoms with Gasteiger partial charge < -0.3 is 4.98 Å². The third kappa shape index (κ3) is 1.93. The van der Waals surface area contributed by atoms with Gasteiger partial charge in [-0.3, -0.25) is 4.90 Å². The van der Waals surface area contributed by atoms with Crippen LogP contribution in [0.25, 0.3) is 11.2 Å². The van der Waals surface area contributed by atoms with Crippen molar-refractivity contribution in [1.82, 2.24) is 19.9 Å². The van der Waals surface area contributed by atoms with Crippen molar-refractivity contribution in [1.29, 1.82) is 0 Å². The van der Waals surface area contributed by atoms with Crippen LogP contribution in [-0.4, -0.2) is 32.9 Å². The highest BCUT2D eigenvalue weighted by Gasteiger charge is 2.12. The highest BCUT2D eigenvalue weighted by atomic mass is 15.2. The summed E-state index contributed by atoms with van der Waals surface area (Å²) in [5.41, 5.74) is 1.86. The number of hydrogen-bond donors (Lipinski definition) is 1. The summed E-state index contributed by atoms with van der Waals surface area (Å²) in [6.45, 7) is 3.32. The lowest BCUT2D eigenvalue weighted by atomic mass is 10.1. The Morgan fingerprint density at radius 2 is 2.12 bits per heavy atom. The molecule has 0 atom stereocenters. The van der Waals surface area contributed by atoms with E-state index in [1.165, 1.54) is 32.4 Å². The molecule has 0 aliphatic carbocycles. The maximum Gasteiger partial charge on any atom is 0.177 e. The Hall–Kier alpha value is -1.42. The van der Waals surface area contributed by atoms with Crippen molar-refractivity contribution in [3.05, 3.63) is 24.2 Å². The van der Waals surface area contributed by atoms with E-state index in [1.807, 2.05) is 12.1 Å². The van der Waals surface area contributed by atoms with Gasteiger partial charge in [0.1, 0.15) is 5.82 Å². The number of H-pyrrole nitrogens is 1. The Morgan fingerprint density at radius 1 is 1.25 bits per heavy atom. The van der Waals surface area contributed by atoms with Gasteiger partial charge >= 0.3 is 0 Å². The van der Waals surface area contributed by atoms with Crippen LogP contribution in [0.3, 0.4) is 0 Å². The highest BCUT2D eigenvalue weighted by molar-refractivity contribution is 5.69. The van der Waals surface area contributed by atoms with Gasteiger partial charge in [-0.05, 0) is 38.1 Å². The molecule has 3 rings (SSSR count). The Morgan fingerprint density at radius 3 is 2.94 bits per heavy atom. The van der Waals surface area contributed by atoms with Crippen molar-refractivity contribution in [3.8, 4) is 0 Å². The molecular formula is C12H16N4. The number of imidazole rings is 1. The van der Waals surface area contributed by atoms with Crippen LogP contribution >= 0.6 is 0 Å². The molecule has 1 N–H and O–H groups in total. The SMILES string of the molecule is c1cnc2nc(CN3CCCCC3)[nH]c2c1. The number of fused-ring (bicyclic) bond motifs is 1. The Labute approximate surface area is 94.7 Å². The van der Waals surface area contributed by atoms with E-state index in [0.717, 1.165) is 23.5 Å². The number of nitrogens with zero attached hydrogens (tertiary/aromatic N) is 3. The predicted molar refractivity (Wildman–Crippen MR) is 63.0 cm³/mol. The smallest absolute Gasteiger partial charge is 0.177 e. The molecule has 0 saturated carbocycles. The van der Waals surface area contributed by atoms with Gasteiger partial charge in [0.2, 0.25) is 0 Å². The standard InChI is InChI=1S/C12H16N4/c1-2-7-16(8-3-1)9-11-14-10-5-4-6-13-12(10)15-11/h4-6H,1-3,7-9H2,(H,13,14,15). The summed E-state index contributed by atoms with van der Waals surface area (Å²) in [6, 6.07) is 3.96. The summed E-state index contributed by atoms with van der Waals surface area (Å²) in [7, 11) is 0. The largest absolute Gasteiger partial charge is 0.340 e. The molecule has 0 radical (unpaired) electrons. The zero-order valence-electron chi connectivity index (χ0n) is 9.32.